The van der Waals surface area contributed by atoms with E-state index in [1.54, 1.807) is 12.5 Å². The van der Waals surface area contributed by atoms with E-state index < -0.39 is 9.84 Å². The second kappa shape index (κ2) is 7.85. The molecule has 0 radical (unpaired) electrons. The molecule has 1 aliphatic carbocycles. The number of thioether (sulfide) groups is 1. The van der Waals surface area contributed by atoms with Gasteiger partial charge in [0, 0.05) is 12.2 Å². The Balaban J connectivity index is 1.87. The van der Waals surface area contributed by atoms with Crippen LogP contribution in [-0.2, 0) is 9.84 Å². The number of sulfone groups is 1. The number of nitrogens with zero attached hydrogens (tertiary/aromatic N) is 2. The van der Waals surface area contributed by atoms with Crippen molar-refractivity contribution in [2.45, 2.75) is 52.6 Å². The Morgan fingerprint density at radius 2 is 2.04 bits per heavy atom. The molecule has 26 heavy (non-hydrogen) atoms. The van der Waals surface area contributed by atoms with Gasteiger partial charge in [0.25, 0.3) is 0 Å². The first-order valence-electron chi connectivity index (χ1n) is 8.27. The van der Waals surface area contributed by atoms with Crippen LogP contribution in [0.25, 0.3) is 0 Å². The third-order valence-corrected chi connectivity index (χ3v) is 7.06. The van der Waals surface area contributed by atoms with Crippen molar-refractivity contribution in [3.05, 3.63) is 18.5 Å². The SMILES string of the molecule is COc1nc(NC2CCC(O)CC2)ncc1S(=O)(=O)c1cc[nH]c1SC. The molecule has 8 nitrogen and oxygen atoms in total. The lowest BCUT2D eigenvalue weighted by Crippen LogP contribution is -2.29. The predicted octanol–water partition coefficient (Wildman–Crippen LogP) is 2.08. The molecule has 0 aliphatic heterocycles. The number of aliphatic hydroxyl groups excluding tert-OH is 1. The van der Waals surface area contributed by atoms with Gasteiger partial charge in [-0.2, -0.15) is 4.98 Å². The van der Waals surface area contributed by atoms with E-state index in [0.717, 1.165) is 25.7 Å². The fourth-order valence-electron chi connectivity index (χ4n) is 2.99. The Kier molecular flexibility index (Phi) is 5.73. The van der Waals surface area contributed by atoms with Crippen molar-refractivity contribution in [2.24, 2.45) is 0 Å². The summed E-state index contributed by atoms with van der Waals surface area (Å²) in [6.07, 6.45) is 7.49. The van der Waals surface area contributed by atoms with Crippen molar-refractivity contribution in [1.29, 1.82) is 0 Å². The molecule has 0 amide bonds. The van der Waals surface area contributed by atoms with Gasteiger partial charge >= 0.3 is 0 Å². The van der Waals surface area contributed by atoms with Crippen LogP contribution in [0.4, 0.5) is 5.95 Å². The van der Waals surface area contributed by atoms with Gasteiger partial charge in [0.15, 0.2) is 4.90 Å². The monoisotopic (exact) mass is 398 g/mol. The fraction of sp³-hybridized carbons (Fsp3) is 0.500. The van der Waals surface area contributed by atoms with Crippen LogP contribution >= 0.6 is 11.8 Å². The minimum atomic E-state index is -3.80. The van der Waals surface area contributed by atoms with Gasteiger partial charge in [-0.1, -0.05) is 0 Å². The summed E-state index contributed by atoms with van der Waals surface area (Å²) < 4.78 is 31.1. The maximum absolute atomic E-state index is 13.0. The quantitative estimate of drug-likeness (QED) is 0.633. The first-order valence-corrected chi connectivity index (χ1v) is 11.0. The maximum Gasteiger partial charge on any atom is 0.237 e. The van der Waals surface area contributed by atoms with E-state index in [1.807, 2.05) is 0 Å². The lowest BCUT2D eigenvalue weighted by atomic mass is 9.93. The molecule has 2 aromatic rings. The fourth-order valence-corrected chi connectivity index (χ4v) is 5.36. The summed E-state index contributed by atoms with van der Waals surface area (Å²) in [5.41, 5.74) is 0. The van der Waals surface area contributed by atoms with Gasteiger partial charge in [-0.25, -0.2) is 13.4 Å². The summed E-state index contributed by atoms with van der Waals surface area (Å²) in [4.78, 5) is 11.4. The number of hydrogen-bond donors (Lipinski definition) is 3. The van der Waals surface area contributed by atoms with Gasteiger partial charge in [0.05, 0.1) is 24.4 Å². The number of anilines is 1. The number of methoxy groups -OCH3 is 1. The van der Waals surface area contributed by atoms with E-state index in [9.17, 15) is 13.5 Å². The molecule has 0 unspecified atom stereocenters. The topological polar surface area (TPSA) is 117 Å². The second-order valence-corrected chi connectivity index (χ2v) is 8.80. The molecule has 3 N–H and O–H groups in total. The third-order valence-electron chi connectivity index (χ3n) is 4.40. The van der Waals surface area contributed by atoms with Gasteiger partial charge in [-0.15, -0.1) is 11.8 Å². The van der Waals surface area contributed by atoms with Gasteiger partial charge < -0.3 is 20.1 Å². The Morgan fingerprint density at radius 3 is 2.69 bits per heavy atom. The van der Waals surface area contributed by atoms with Crippen LogP contribution in [0.5, 0.6) is 5.88 Å². The molecule has 10 heteroatoms. The summed E-state index contributed by atoms with van der Waals surface area (Å²) in [5, 5.41) is 13.3. The smallest absolute Gasteiger partial charge is 0.237 e. The van der Waals surface area contributed by atoms with Crippen molar-refractivity contribution >= 4 is 27.5 Å². The minimum absolute atomic E-state index is 0.00611. The van der Waals surface area contributed by atoms with Crippen LogP contribution in [0.3, 0.4) is 0 Å². The number of ether oxygens (including phenoxy) is 1. The molecule has 2 aromatic heterocycles. The van der Waals surface area contributed by atoms with Gasteiger partial charge in [-0.3, -0.25) is 0 Å². The molecule has 0 saturated heterocycles. The van der Waals surface area contributed by atoms with Crippen LogP contribution in [0.2, 0.25) is 0 Å². The van der Waals surface area contributed by atoms with E-state index in [0.29, 0.717) is 11.0 Å². The van der Waals surface area contributed by atoms with E-state index in [2.05, 4.69) is 20.3 Å². The molecule has 0 atom stereocenters. The normalized spacial score (nSPS) is 20.7. The molecule has 2 heterocycles. The average molecular weight is 399 g/mol. The molecule has 1 aliphatic rings. The first-order chi connectivity index (χ1) is 12.5. The molecule has 1 fully saturated rings. The second-order valence-electron chi connectivity index (χ2n) is 6.10. The van der Waals surface area contributed by atoms with Crippen LogP contribution < -0.4 is 10.1 Å². The van der Waals surface area contributed by atoms with Crippen molar-refractivity contribution < 1.29 is 18.3 Å². The van der Waals surface area contributed by atoms with E-state index in [-0.39, 0.29) is 27.8 Å². The maximum atomic E-state index is 13.0. The molecule has 142 valence electrons. The highest BCUT2D eigenvalue weighted by Crippen LogP contribution is 2.33. The zero-order valence-electron chi connectivity index (χ0n) is 14.6. The summed E-state index contributed by atoms with van der Waals surface area (Å²) >= 11 is 1.31. The Hall–Kier alpha value is -1.78. The molecule has 1 saturated carbocycles. The van der Waals surface area contributed by atoms with Gasteiger partial charge in [0.1, 0.15) is 4.90 Å². The summed E-state index contributed by atoms with van der Waals surface area (Å²) in [5.74, 6) is 0.327. The van der Waals surface area contributed by atoms with Crippen LogP contribution in [0.1, 0.15) is 25.7 Å². The standard InChI is InChI=1S/C16H22N4O4S2/c1-24-14-13(26(22,23)12-7-8-17-15(12)25-2)9-18-16(20-14)19-10-3-5-11(21)6-4-10/h7-11,17,21H,3-6H2,1-2H3,(H,18,19,20). The summed E-state index contributed by atoms with van der Waals surface area (Å²) in [7, 11) is -2.42. The predicted molar refractivity (Wildman–Crippen MR) is 98.5 cm³/mol. The Morgan fingerprint density at radius 1 is 1.31 bits per heavy atom. The van der Waals surface area contributed by atoms with Crippen LogP contribution in [-0.4, -0.2) is 54.0 Å². The van der Waals surface area contributed by atoms with Gasteiger partial charge in [-0.05, 0) is 38.0 Å². The largest absolute Gasteiger partial charge is 0.480 e. The third kappa shape index (κ3) is 3.81. The van der Waals surface area contributed by atoms with E-state index in [4.69, 9.17) is 4.74 Å². The zero-order chi connectivity index (χ0) is 18.7. The number of aromatic nitrogens is 3. The average Bonchev–Trinajstić information content (AvgIpc) is 3.13. The van der Waals surface area contributed by atoms with Crippen LogP contribution in [0, 0.1) is 0 Å². The number of H-pyrrole nitrogens is 1. The number of hydrogen-bond acceptors (Lipinski definition) is 8. The van der Waals surface area contributed by atoms with E-state index >= 15 is 0 Å². The number of aromatic amines is 1. The highest BCUT2D eigenvalue weighted by molar-refractivity contribution is 7.99. The number of nitrogens with one attached hydrogen (secondary N) is 2. The molecule has 0 spiro atoms. The summed E-state index contributed by atoms with van der Waals surface area (Å²) in [6.45, 7) is 0. The lowest BCUT2D eigenvalue weighted by Gasteiger charge is -2.26. The minimum Gasteiger partial charge on any atom is -0.480 e. The molecule has 0 bridgehead atoms. The summed E-state index contributed by atoms with van der Waals surface area (Å²) in [6, 6.07) is 1.67. The van der Waals surface area contributed by atoms with E-state index in [1.165, 1.54) is 31.1 Å². The highest BCUT2D eigenvalue weighted by atomic mass is 32.2. The van der Waals surface area contributed by atoms with Crippen molar-refractivity contribution in [3.63, 3.8) is 0 Å². The molecular weight excluding hydrogens is 376 g/mol. The Labute approximate surface area is 156 Å². The number of rotatable bonds is 6. The Bertz CT molecular complexity index is 861. The van der Waals surface area contributed by atoms with Crippen LogP contribution in [0.15, 0.2) is 33.3 Å². The van der Waals surface area contributed by atoms with Crippen molar-refractivity contribution in [1.82, 2.24) is 15.0 Å². The molecule has 0 aromatic carbocycles. The molecule has 3 rings (SSSR count). The van der Waals surface area contributed by atoms with Crippen molar-refractivity contribution in [2.75, 3.05) is 18.7 Å². The van der Waals surface area contributed by atoms with Gasteiger partial charge in [0.2, 0.25) is 21.7 Å². The molecular formula is C16H22N4O4S2. The number of aliphatic hydroxyl groups is 1. The lowest BCUT2D eigenvalue weighted by molar-refractivity contribution is 0.126. The zero-order valence-corrected chi connectivity index (χ0v) is 16.2. The van der Waals surface area contributed by atoms with Crippen molar-refractivity contribution in [3.8, 4) is 5.88 Å². The first kappa shape index (κ1) is 19.0. The highest BCUT2D eigenvalue weighted by Gasteiger charge is 2.28.